The highest BCUT2D eigenvalue weighted by Crippen LogP contribution is 2.27. The molecule has 4 aromatic rings. The van der Waals surface area contributed by atoms with Gasteiger partial charge < -0.3 is 14.5 Å². The van der Waals surface area contributed by atoms with Gasteiger partial charge in [-0.2, -0.15) is 0 Å². The summed E-state index contributed by atoms with van der Waals surface area (Å²) >= 11 is 5.94. The molecule has 2 aromatic heterocycles. The molecule has 0 aliphatic carbocycles. The van der Waals surface area contributed by atoms with Crippen LogP contribution in [0.4, 0.5) is 5.69 Å². The van der Waals surface area contributed by atoms with E-state index in [4.69, 9.17) is 20.8 Å². The summed E-state index contributed by atoms with van der Waals surface area (Å²) in [6.45, 7) is 1.55. The van der Waals surface area contributed by atoms with Crippen molar-refractivity contribution in [1.82, 2.24) is 4.98 Å². The standard InChI is InChI=1S/C23H17ClN2O4/c1-14-22(15-4-6-16(24)7-5-15)23(28)19-9-8-18(11-20(19)30-14)29-13-21(27)26-17-3-2-10-25-12-17/h2-12H,13H2,1H3,(H,26,27). The molecule has 0 radical (unpaired) electrons. The molecule has 4 rings (SSSR count). The van der Waals surface area contributed by atoms with E-state index >= 15 is 0 Å². The minimum Gasteiger partial charge on any atom is -0.484 e. The van der Waals surface area contributed by atoms with Gasteiger partial charge >= 0.3 is 0 Å². The molecular formula is C23H17ClN2O4. The topological polar surface area (TPSA) is 81.4 Å². The van der Waals surface area contributed by atoms with Gasteiger partial charge in [0, 0.05) is 17.3 Å². The van der Waals surface area contributed by atoms with Gasteiger partial charge in [0.1, 0.15) is 17.1 Å². The summed E-state index contributed by atoms with van der Waals surface area (Å²) in [6, 6.07) is 15.4. The molecule has 0 aliphatic heterocycles. The molecule has 30 heavy (non-hydrogen) atoms. The Morgan fingerprint density at radius 3 is 2.70 bits per heavy atom. The summed E-state index contributed by atoms with van der Waals surface area (Å²) in [5, 5.41) is 3.71. The number of benzene rings is 2. The van der Waals surface area contributed by atoms with E-state index in [9.17, 15) is 9.59 Å². The fourth-order valence-electron chi connectivity index (χ4n) is 3.11. The van der Waals surface area contributed by atoms with E-state index in [0.29, 0.717) is 38.8 Å². The van der Waals surface area contributed by atoms with E-state index in [2.05, 4.69) is 10.3 Å². The van der Waals surface area contributed by atoms with E-state index in [1.54, 1.807) is 73.9 Å². The molecule has 0 bridgehead atoms. The van der Waals surface area contributed by atoms with Crippen LogP contribution in [0.5, 0.6) is 5.75 Å². The van der Waals surface area contributed by atoms with Crippen LogP contribution in [0, 0.1) is 6.92 Å². The molecule has 0 aliphatic rings. The van der Waals surface area contributed by atoms with E-state index in [0.717, 1.165) is 5.56 Å². The van der Waals surface area contributed by atoms with Gasteiger partial charge in [-0.15, -0.1) is 0 Å². The Hall–Kier alpha value is -3.64. The van der Waals surface area contributed by atoms with Crippen LogP contribution >= 0.6 is 11.6 Å². The van der Waals surface area contributed by atoms with Crippen LogP contribution in [-0.2, 0) is 4.79 Å². The minimum absolute atomic E-state index is 0.142. The number of anilines is 1. The summed E-state index contributed by atoms with van der Waals surface area (Å²) in [7, 11) is 0. The maximum atomic E-state index is 13.0. The zero-order valence-corrected chi connectivity index (χ0v) is 16.8. The quantitative estimate of drug-likeness (QED) is 0.500. The highest BCUT2D eigenvalue weighted by molar-refractivity contribution is 6.30. The molecule has 1 N–H and O–H groups in total. The van der Waals surface area contributed by atoms with Gasteiger partial charge in [0.2, 0.25) is 5.43 Å². The fourth-order valence-corrected chi connectivity index (χ4v) is 3.23. The van der Waals surface area contributed by atoms with Gasteiger partial charge in [0.15, 0.2) is 6.61 Å². The number of hydrogen-bond acceptors (Lipinski definition) is 5. The molecule has 2 aromatic carbocycles. The molecule has 0 unspecified atom stereocenters. The van der Waals surface area contributed by atoms with Crippen LogP contribution < -0.4 is 15.5 Å². The molecule has 7 heteroatoms. The normalized spacial score (nSPS) is 10.7. The first kappa shape index (κ1) is 19.7. The van der Waals surface area contributed by atoms with Crippen LogP contribution in [0.2, 0.25) is 5.02 Å². The first-order chi connectivity index (χ1) is 14.5. The maximum Gasteiger partial charge on any atom is 0.262 e. The van der Waals surface area contributed by atoms with Crippen LogP contribution in [-0.4, -0.2) is 17.5 Å². The monoisotopic (exact) mass is 420 g/mol. The first-order valence-corrected chi connectivity index (χ1v) is 9.55. The number of hydrogen-bond donors (Lipinski definition) is 1. The van der Waals surface area contributed by atoms with Crippen molar-refractivity contribution in [3.8, 4) is 16.9 Å². The number of carbonyl (C=O) groups is 1. The zero-order chi connectivity index (χ0) is 21.1. The van der Waals surface area contributed by atoms with E-state index in [1.165, 1.54) is 0 Å². The van der Waals surface area contributed by atoms with Crippen molar-refractivity contribution in [3.05, 3.63) is 88.0 Å². The number of pyridine rings is 1. The third-order valence-corrected chi connectivity index (χ3v) is 4.74. The van der Waals surface area contributed by atoms with Crippen molar-refractivity contribution in [2.24, 2.45) is 0 Å². The Balaban J connectivity index is 1.56. The predicted molar refractivity (Wildman–Crippen MR) is 116 cm³/mol. The van der Waals surface area contributed by atoms with Crippen molar-refractivity contribution in [2.45, 2.75) is 6.92 Å². The number of halogens is 1. The second-order valence-electron chi connectivity index (χ2n) is 6.61. The average molecular weight is 421 g/mol. The van der Waals surface area contributed by atoms with Crippen molar-refractivity contribution in [2.75, 3.05) is 11.9 Å². The lowest BCUT2D eigenvalue weighted by Crippen LogP contribution is -2.20. The maximum absolute atomic E-state index is 13.0. The van der Waals surface area contributed by atoms with E-state index in [1.807, 2.05) is 0 Å². The third kappa shape index (κ3) is 4.18. The Kier molecular flexibility index (Phi) is 5.50. The number of fused-ring (bicyclic) bond motifs is 1. The summed E-state index contributed by atoms with van der Waals surface area (Å²) in [6.07, 6.45) is 3.17. The molecule has 6 nitrogen and oxygen atoms in total. The van der Waals surface area contributed by atoms with E-state index in [-0.39, 0.29) is 17.9 Å². The molecule has 0 saturated heterocycles. The van der Waals surface area contributed by atoms with Crippen molar-refractivity contribution >= 4 is 34.2 Å². The van der Waals surface area contributed by atoms with Gasteiger partial charge in [-0.25, -0.2) is 0 Å². The van der Waals surface area contributed by atoms with Crippen molar-refractivity contribution < 1.29 is 13.9 Å². The summed E-state index contributed by atoms with van der Waals surface area (Å²) in [5.41, 5.74) is 2.06. The molecule has 2 heterocycles. The smallest absolute Gasteiger partial charge is 0.262 e. The Bertz CT molecular complexity index is 1270. The molecule has 1 amide bonds. The summed E-state index contributed by atoms with van der Waals surface area (Å²) in [4.78, 5) is 29.0. The van der Waals surface area contributed by atoms with E-state index < -0.39 is 0 Å². The molecule has 0 fully saturated rings. The molecule has 0 saturated carbocycles. The zero-order valence-electron chi connectivity index (χ0n) is 16.0. The number of nitrogens with zero attached hydrogens (tertiary/aromatic N) is 1. The largest absolute Gasteiger partial charge is 0.484 e. The van der Waals surface area contributed by atoms with Gasteiger partial charge in [-0.3, -0.25) is 14.6 Å². The number of aromatic nitrogens is 1. The third-order valence-electron chi connectivity index (χ3n) is 4.49. The van der Waals surface area contributed by atoms with Crippen molar-refractivity contribution in [1.29, 1.82) is 0 Å². The highest BCUT2D eigenvalue weighted by Gasteiger charge is 2.14. The molecular weight excluding hydrogens is 404 g/mol. The van der Waals surface area contributed by atoms with Gasteiger partial charge in [0.25, 0.3) is 5.91 Å². The van der Waals surface area contributed by atoms with Crippen LogP contribution in [0.1, 0.15) is 5.76 Å². The number of carbonyl (C=O) groups excluding carboxylic acids is 1. The summed E-state index contributed by atoms with van der Waals surface area (Å²) in [5.74, 6) is 0.589. The summed E-state index contributed by atoms with van der Waals surface area (Å²) < 4.78 is 11.4. The number of ether oxygens (including phenoxy) is 1. The van der Waals surface area contributed by atoms with Gasteiger partial charge in [-0.05, 0) is 48.9 Å². The minimum atomic E-state index is -0.321. The number of nitrogens with one attached hydrogen (secondary N) is 1. The Morgan fingerprint density at radius 2 is 1.97 bits per heavy atom. The lowest BCUT2D eigenvalue weighted by molar-refractivity contribution is -0.118. The van der Waals surface area contributed by atoms with Crippen LogP contribution in [0.15, 0.2) is 76.2 Å². The van der Waals surface area contributed by atoms with Crippen LogP contribution in [0.3, 0.4) is 0 Å². The van der Waals surface area contributed by atoms with Crippen LogP contribution in [0.25, 0.3) is 22.1 Å². The lowest BCUT2D eigenvalue weighted by Gasteiger charge is -2.10. The highest BCUT2D eigenvalue weighted by atomic mass is 35.5. The number of aryl methyl sites for hydroxylation is 1. The number of rotatable bonds is 5. The number of amides is 1. The lowest BCUT2D eigenvalue weighted by atomic mass is 10.0. The molecule has 150 valence electrons. The predicted octanol–water partition coefficient (Wildman–Crippen LogP) is 4.83. The molecule has 0 spiro atoms. The Labute approximate surface area is 177 Å². The second-order valence-corrected chi connectivity index (χ2v) is 7.04. The first-order valence-electron chi connectivity index (χ1n) is 9.17. The fraction of sp³-hybridized carbons (Fsp3) is 0.0870. The Morgan fingerprint density at radius 1 is 1.17 bits per heavy atom. The van der Waals surface area contributed by atoms with Crippen molar-refractivity contribution in [3.63, 3.8) is 0 Å². The second kappa shape index (κ2) is 8.39. The van der Waals surface area contributed by atoms with Gasteiger partial charge in [-0.1, -0.05) is 23.7 Å². The SMILES string of the molecule is Cc1oc2cc(OCC(=O)Nc3cccnc3)ccc2c(=O)c1-c1ccc(Cl)cc1. The average Bonchev–Trinajstić information content (AvgIpc) is 2.74. The molecule has 0 atom stereocenters. The van der Waals surface area contributed by atoms with Gasteiger partial charge in [0.05, 0.1) is 22.8 Å².